The van der Waals surface area contributed by atoms with E-state index in [1.165, 1.54) is 34.2 Å². The van der Waals surface area contributed by atoms with Gasteiger partial charge in [0, 0.05) is 24.0 Å². The highest BCUT2D eigenvalue weighted by Gasteiger charge is 2.31. The fraction of sp³-hybridized carbons (Fsp3) is 0.292. The Morgan fingerprint density at radius 3 is 2.59 bits per heavy atom. The highest BCUT2D eigenvalue weighted by Crippen LogP contribution is 2.29. The summed E-state index contributed by atoms with van der Waals surface area (Å²) >= 11 is 1.19. The van der Waals surface area contributed by atoms with Crippen molar-refractivity contribution in [1.29, 1.82) is 0 Å². The molecule has 0 spiro atoms. The molecule has 2 heterocycles. The number of sulfonamides is 1. The molecule has 37 heavy (non-hydrogen) atoms. The lowest BCUT2D eigenvalue weighted by molar-refractivity contribution is 0.0580. The van der Waals surface area contributed by atoms with E-state index in [-0.39, 0.29) is 30.0 Å². The van der Waals surface area contributed by atoms with Gasteiger partial charge in [-0.05, 0) is 48.2 Å². The van der Waals surface area contributed by atoms with Gasteiger partial charge < -0.3 is 14.5 Å². The van der Waals surface area contributed by atoms with E-state index in [4.69, 9.17) is 9.57 Å². The second-order valence-electron chi connectivity index (χ2n) is 8.19. The molecule has 0 unspecified atom stereocenters. The number of aldehydes is 1. The van der Waals surface area contributed by atoms with E-state index in [1.807, 2.05) is 0 Å². The number of rotatable bonds is 10. The molecule has 1 aliphatic rings. The van der Waals surface area contributed by atoms with Crippen molar-refractivity contribution in [2.75, 3.05) is 24.5 Å². The number of amides is 1. The molecule has 1 amide bonds. The van der Waals surface area contributed by atoms with E-state index in [2.05, 4.69) is 10.5 Å². The first-order chi connectivity index (χ1) is 17.8. The molecular weight excluding hydrogens is 523 g/mol. The van der Waals surface area contributed by atoms with Crippen LogP contribution in [0.2, 0.25) is 0 Å². The highest BCUT2D eigenvalue weighted by molar-refractivity contribution is 7.92. The third-order valence-corrected chi connectivity index (χ3v) is 8.17. The molecule has 13 heteroatoms. The Balaban J connectivity index is 1.58. The first-order valence-corrected chi connectivity index (χ1v) is 13.7. The van der Waals surface area contributed by atoms with E-state index in [0.717, 1.165) is 29.3 Å². The molecule has 196 valence electrons. The molecule has 3 aromatic rings. The predicted octanol–water partition coefficient (Wildman–Crippen LogP) is 3.74. The van der Waals surface area contributed by atoms with Crippen LogP contribution in [-0.2, 0) is 28.0 Å². The molecule has 0 aliphatic carbocycles. The molecule has 0 radical (unpaired) electrons. The van der Waals surface area contributed by atoms with Crippen LogP contribution < -0.4 is 14.5 Å². The Hall–Kier alpha value is -3.55. The molecule has 1 aliphatic heterocycles. The van der Waals surface area contributed by atoms with Gasteiger partial charge in [0.2, 0.25) is 0 Å². The van der Waals surface area contributed by atoms with Gasteiger partial charge in [-0.25, -0.2) is 26.9 Å². The van der Waals surface area contributed by atoms with Crippen LogP contribution in [0.5, 0.6) is 5.75 Å². The summed E-state index contributed by atoms with van der Waals surface area (Å²) in [7, 11) is -2.94. The van der Waals surface area contributed by atoms with Crippen LogP contribution in [0.15, 0.2) is 52.2 Å². The maximum Gasteiger partial charge on any atom is 0.428 e. The van der Waals surface area contributed by atoms with Gasteiger partial charge in [0.1, 0.15) is 22.7 Å². The van der Waals surface area contributed by atoms with Gasteiger partial charge in [-0.1, -0.05) is 12.1 Å². The van der Waals surface area contributed by atoms with Crippen LogP contribution in [0.1, 0.15) is 34.3 Å². The number of hydrogen-bond acceptors (Lipinski definition) is 9. The third-order valence-electron chi connectivity index (χ3n) is 5.84. The maximum atomic E-state index is 15.2. The minimum atomic E-state index is -4.46. The lowest BCUT2D eigenvalue weighted by Crippen LogP contribution is -2.33. The zero-order valence-electron chi connectivity index (χ0n) is 19.9. The van der Waals surface area contributed by atoms with Crippen molar-refractivity contribution in [3.8, 4) is 5.75 Å². The molecular formula is C24H25FN4O6S2. The van der Waals surface area contributed by atoms with Crippen molar-refractivity contribution in [3.63, 3.8) is 0 Å². The van der Waals surface area contributed by atoms with E-state index in [0.29, 0.717) is 30.7 Å². The molecule has 0 atom stereocenters. The third kappa shape index (κ3) is 6.06. The van der Waals surface area contributed by atoms with Crippen LogP contribution in [0.3, 0.4) is 0 Å². The molecule has 0 bridgehead atoms. The number of likely N-dealkylation sites (tertiary alicyclic amines) is 1. The van der Waals surface area contributed by atoms with Crippen LogP contribution in [0, 0.1) is 5.82 Å². The Morgan fingerprint density at radius 2 is 1.97 bits per heavy atom. The smallest absolute Gasteiger partial charge is 0.428 e. The van der Waals surface area contributed by atoms with Crippen molar-refractivity contribution < 1.29 is 32.0 Å². The second-order valence-corrected chi connectivity index (χ2v) is 10.7. The number of anilines is 1. The summed E-state index contributed by atoms with van der Waals surface area (Å²) in [5.74, 6) is -0.334. The molecule has 2 aromatic carbocycles. The number of hydrogen-bond donors (Lipinski definition) is 1. The number of nitrogens with zero attached hydrogens (tertiary/aromatic N) is 3. The lowest BCUT2D eigenvalue weighted by atomic mass is 10.1. The summed E-state index contributed by atoms with van der Waals surface area (Å²) in [6.07, 6.45) is 1.64. The van der Waals surface area contributed by atoms with Gasteiger partial charge in [-0.2, -0.15) is 0 Å². The second kappa shape index (κ2) is 11.7. The number of halogens is 1. The molecule has 4 rings (SSSR count). The maximum absolute atomic E-state index is 15.2. The van der Waals surface area contributed by atoms with Crippen molar-refractivity contribution in [2.24, 2.45) is 0 Å². The summed E-state index contributed by atoms with van der Waals surface area (Å²) in [5, 5.41) is 1.53. The van der Waals surface area contributed by atoms with Crippen molar-refractivity contribution >= 4 is 39.6 Å². The average molecular weight is 549 g/mol. The predicted molar refractivity (Wildman–Crippen MR) is 134 cm³/mol. The van der Waals surface area contributed by atoms with Crippen molar-refractivity contribution in [2.45, 2.75) is 30.8 Å². The number of ether oxygens (including phenoxy) is 1. The number of thiazole rings is 1. The number of nitrogens with one attached hydrogen (secondary N) is 1. The van der Waals surface area contributed by atoms with Gasteiger partial charge >= 0.3 is 6.09 Å². The Kier molecular flexibility index (Phi) is 8.36. The monoisotopic (exact) mass is 548 g/mol. The molecule has 10 nitrogen and oxygen atoms in total. The Morgan fingerprint density at radius 1 is 1.24 bits per heavy atom. The lowest BCUT2D eigenvalue weighted by Gasteiger charge is -2.23. The first-order valence-electron chi connectivity index (χ1n) is 11.3. The van der Waals surface area contributed by atoms with Crippen LogP contribution in [0.25, 0.3) is 0 Å². The number of carbonyl (C=O) groups excluding carboxylic acids is 2. The Bertz CT molecular complexity index is 1340. The number of aromatic nitrogens is 1. The summed E-state index contributed by atoms with van der Waals surface area (Å²) in [4.78, 5) is 33.7. The van der Waals surface area contributed by atoms with Gasteiger partial charge in [0.15, 0.2) is 5.82 Å². The van der Waals surface area contributed by atoms with Crippen LogP contribution in [0.4, 0.5) is 15.0 Å². The Labute approximate surface area is 217 Å². The largest absolute Gasteiger partial charge is 0.497 e. The number of benzene rings is 2. The fourth-order valence-corrected chi connectivity index (χ4v) is 5.93. The number of carbonyl (C=O) groups is 2. The van der Waals surface area contributed by atoms with Gasteiger partial charge in [0.25, 0.3) is 10.0 Å². The molecule has 0 saturated carbocycles. The average Bonchev–Trinajstić information content (AvgIpc) is 3.62. The van der Waals surface area contributed by atoms with Crippen molar-refractivity contribution in [3.05, 3.63) is 69.8 Å². The quantitative estimate of drug-likeness (QED) is 0.301. The normalized spacial score (nSPS) is 13.4. The molecule has 1 saturated heterocycles. The van der Waals surface area contributed by atoms with E-state index in [1.54, 1.807) is 24.3 Å². The van der Waals surface area contributed by atoms with Crippen LogP contribution in [-0.4, -0.2) is 50.9 Å². The SMILES string of the molecule is COc1ccc(CN(c2cscn2)S(=O)(=O)c2cc(C=O)c(CNOC(=O)N3CCCC3)cc2F)cc1. The minimum absolute atomic E-state index is 0.0626. The summed E-state index contributed by atoms with van der Waals surface area (Å²) < 4.78 is 48.6. The summed E-state index contributed by atoms with van der Waals surface area (Å²) in [6, 6.07) is 8.68. The molecule has 1 N–H and O–H groups in total. The zero-order chi connectivity index (χ0) is 26.4. The fourth-order valence-electron chi connectivity index (χ4n) is 3.84. The van der Waals surface area contributed by atoms with Gasteiger partial charge in [-0.3, -0.25) is 4.79 Å². The number of hydroxylamine groups is 1. The molecule has 1 aromatic heterocycles. The topological polar surface area (TPSA) is 118 Å². The number of methoxy groups -OCH3 is 1. The minimum Gasteiger partial charge on any atom is -0.497 e. The van der Waals surface area contributed by atoms with E-state index < -0.39 is 26.8 Å². The highest BCUT2D eigenvalue weighted by atomic mass is 32.2. The van der Waals surface area contributed by atoms with Crippen molar-refractivity contribution in [1.82, 2.24) is 15.4 Å². The van der Waals surface area contributed by atoms with Crippen LogP contribution >= 0.6 is 11.3 Å². The van der Waals surface area contributed by atoms with Gasteiger partial charge in [0.05, 0.1) is 25.7 Å². The standard InChI is InChI=1S/C24H25FN4O6S2/c1-34-20-6-4-17(5-7-20)13-29(23-15-36-16-26-23)37(32,33)22-11-19(14-30)18(10-21(22)25)12-27-35-24(31)28-8-2-3-9-28/h4-7,10-11,14-16,27H,2-3,8-9,12-13H2,1H3. The molecule has 1 fully saturated rings. The van der Waals surface area contributed by atoms with Gasteiger partial charge in [-0.15, -0.1) is 16.8 Å². The summed E-state index contributed by atoms with van der Waals surface area (Å²) in [5.41, 5.74) is 4.59. The van der Waals surface area contributed by atoms with E-state index in [9.17, 15) is 18.0 Å². The summed E-state index contributed by atoms with van der Waals surface area (Å²) in [6.45, 7) is 0.870. The zero-order valence-corrected chi connectivity index (χ0v) is 21.6. The first kappa shape index (κ1) is 26.5. The van der Waals surface area contributed by atoms with E-state index >= 15 is 4.39 Å².